The summed E-state index contributed by atoms with van der Waals surface area (Å²) in [5.41, 5.74) is 4.16. The zero-order chi connectivity index (χ0) is 13.1. The Balaban J connectivity index is 2.23. The molecule has 0 radical (unpaired) electrons. The molecule has 0 aliphatic heterocycles. The molecule has 0 spiro atoms. The fraction of sp³-hybridized carbons (Fsp3) is 0.308. The quantitative estimate of drug-likeness (QED) is 0.638. The Morgan fingerprint density at radius 1 is 1.50 bits per heavy atom. The molecular formula is C13H17FN4. The van der Waals surface area contributed by atoms with Gasteiger partial charge in [0, 0.05) is 25.9 Å². The van der Waals surface area contributed by atoms with E-state index in [4.69, 9.17) is 5.84 Å². The highest BCUT2D eigenvalue weighted by molar-refractivity contribution is 5.26. The highest BCUT2D eigenvalue weighted by Crippen LogP contribution is 2.19. The number of hydrazine groups is 1. The van der Waals surface area contributed by atoms with Gasteiger partial charge in [-0.05, 0) is 24.1 Å². The molecule has 1 aromatic heterocycles. The minimum Gasteiger partial charge on any atom is -0.338 e. The summed E-state index contributed by atoms with van der Waals surface area (Å²) >= 11 is 0. The maximum absolute atomic E-state index is 13.5. The number of aromatic nitrogens is 2. The van der Waals surface area contributed by atoms with Gasteiger partial charge in [-0.3, -0.25) is 11.3 Å². The molecule has 1 unspecified atom stereocenters. The van der Waals surface area contributed by atoms with Gasteiger partial charge in [0.2, 0.25) is 0 Å². The minimum atomic E-state index is -0.215. The van der Waals surface area contributed by atoms with Crippen molar-refractivity contribution >= 4 is 0 Å². The second-order valence-electron chi connectivity index (χ2n) is 4.39. The van der Waals surface area contributed by atoms with Crippen LogP contribution in [0, 0.1) is 12.7 Å². The molecule has 0 fully saturated rings. The molecule has 1 atom stereocenters. The molecule has 2 rings (SSSR count). The van der Waals surface area contributed by atoms with Crippen LogP contribution in [0.4, 0.5) is 4.39 Å². The van der Waals surface area contributed by atoms with Crippen molar-refractivity contribution in [2.75, 3.05) is 0 Å². The summed E-state index contributed by atoms with van der Waals surface area (Å²) in [6.45, 7) is 1.74. The number of nitrogens with two attached hydrogens (primary N) is 1. The first-order valence-corrected chi connectivity index (χ1v) is 5.80. The van der Waals surface area contributed by atoms with Gasteiger partial charge in [-0.25, -0.2) is 9.37 Å². The number of aryl methyl sites for hydroxylation is 2. The highest BCUT2D eigenvalue weighted by Gasteiger charge is 2.14. The number of hydrogen-bond donors (Lipinski definition) is 2. The number of halogens is 1. The number of hydrogen-bond acceptors (Lipinski definition) is 3. The molecule has 4 nitrogen and oxygen atoms in total. The van der Waals surface area contributed by atoms with Gasteiger partial charge in [-0.2, -0.15) is 0 Å². The number of nitrogens with zero attached hydrogens (tertiary/aromatic N) is 2. The maximum atomic E-state index is 13.5. The topological polar surface area (TPSA) is 55.9 Å². The number of benzene rings is 1. The normalized spacial score (nSPS) is 12.7. The average molecular weight is 248 g/mol. The van der Waals surface area contributed by atoms with Gasteiger partial charge in [-0.1, -0.05) is 12.1 Å². The fourth-order valence-corrected chi connectivity index (χ4v) is 1.87. The molecule has 0 saturated carbocycles. The lowest BCUT2D eigenvalue weighted by Gasteiger charge is -2.16. The van der Waals surface area contributed by atoms with Crippen LogP contribution in [0.25, 0.3) is 0 Å². The molecule has 96 valence electrons. The number of nitrogens with one attached hydrogen (secondary N) is 1. The van der Waals surface area contributed by atoms with Crippen molar-refractivity contribution in [3.8, 4) is 0 Å². The van der Waals surface area contributed by atoms with Crippen molar-refractivity contribution in [2.24, 2.45) is 12.9 Å². The lowest BCUT2D eigenvalue weighted by molar-refractivity contribution is 0.524. The van der Waals surface area contributed by atoms with E-state index in [0.29, 0.717) is 12.0 Å². The predicted octanol–water partition coefficient (Wildman–Crippen LogP) is 1.61. The molecule has 0 amide bonds. The van der Waals surface area contributed by atoms with E-state index in [2.05, 4.69) is 10.4 Å². The first kappa shape index (κ1) is 12.7. The molecule has 0 saturated heterocycles. The average Bonchev–Trinajstić information content (AvgIpc) is 2.75. The molecule has 18 heavy (non-hydrogen) atoms. The Kier molecular flexibility index (Phi) is 3.74. The third-order valence-electron chi connectivity index (χ3n) is 3.11. The van der Waals surface area contributed by atoms with Gasteiger partial charge < -0.3 is 4.57 Å². The van der Waals surface area contributed by atoms with Crippen molar-refractivity contribution in [2.45, 2.75) is 19.4 Å². The summed E-state index contributed by atoms with van der Waals surface area (Å²) in [5, 5.41) is 0. The molecule has 0 aliphatic rings. The van der Waals surface area contributed by atoms with E-state index >= 15 is 0 Å². The monoisotopic (exact) mass is 248 g/mol. The first-order valence-electron chi connectivity index (χ1n) is 5.80. The van der Waals surface area contributed by atoms with Crippen LogP contribution >= 0.6 is 0 Å². The first-order chi connectivity index (χ1) is 8.61. The molecule has 1 aromatic carbocycles. The summed E-state index contributed by atoms with van der Waals surface area (Å²) in [4.78, 5) is 4.24. The van der Waals surface area contributed by atoms with Gasteiger partial charge >= 0.3 is 0 Å². The fourth-order valence-electron chi connectivity index (χ4n) is 1.87. The second kappa shape index (κ2) is 5.29. The van der Waals surface area contributed by atoms with Crippen molar-refractivity contribution in [1.82, 2.24) is 15.0 Å². The largest absolute Gasteiger partial charge is 0.338 e. The zero-order valence-electron chi connectivity index (χ0n) is 10.5. The Labute approximate surface area is 106 Å². The van der Waals surface area contributed by atoms with Gasteiger partial charge in [0.1, 0.15) is 11.6 Å². The van der Waals surface area contributed by atoms with Crippen LogP contribution < -0.4 is 11.3 Å². The van der Waals surface area contributed by atoms with Crippen LogP contribution in [-0.4, -0.2) is 9.55 Å². The maximum Gasteiger partial charge on any atom is 0.126 e. The molecule has 1 heterocycles. The second-order valence-corrected chi connectivity index (χ2v) is 4.39. The van der Waals surface area contributed by atoms with Gasteiger partial charge in [0.15, 0.2) is 0 Å². The van der Waals surface area contributed by atoms with Crippen molar-refractivity contribution in [1.29, 1.82) is 0 Å². The Bertz CT molecular complexity index is 536. The highest BCUT2D eigenvalue weighted by atomic mass is 19.1. The molecule has 0 bridgehead atoms. The summed E-state index contributed by atoms with van der Waals surface area (Å²) in [5.74, 6) is 6.24. The Hall–Kier alpha value is -1.72. The summed E-state index contributed by atoms with van der Waals surface area (Å²) in [6, 6.07) is 5.00. The Morgan fingerprint density at radius 3 is 2.83 bits per heavy atom. The van der Waals surface area contributed by atoms with Crippen LogP contribution in [0.15, 0.2) is 30.6 Å². The van der Waals surface area contributed by atoms with Crippen LogP contribution in [-0.2, 0) is 13.5 Å². The SMILES string of the molecule is Cc1ccc(C(Cc2nccn2C)NN)cc1F. The number of imidazole rings is 1. The minimum absolute atomic E-state index is 0.152. The van der Waals surface area contributed by atoms with Crippen LogP contribution in [0.5, 0.6) is 0 Å². The molecular weight excluding hydrogens is 231 g/mol. The smallest absolute Gasteiger partial charge is 0.126 e. The lowest BCUT2D eigenvalue weighted by atomic mass is 10.0. The van der Waals surface area contributed by atoms with Gasteiger partial charge in [0.05, 0.1) is 6.04 Å². The van der Waals surface area contributed by atoms with E-state index in [9.17, 15) is 4.39 Å². The van der Waals surface area contributed by atoms with E-state index in [1.54, 1.807) is 19.2 Å². The van der Waals surface area contributed by atoms with E-state index in [-0.39, 0.29) is 11.9 Å². The number of rotatable bonds is 4. The summed E-state index contributed by atoms with van der Waals surface area (Å²) < 4.78 is 15.5. The standard InChI is InChI=1S/C13H17FN4/c1-9-3-4-10(7-11(9)14)12(17-15)8-13-16-5-6-18(13)2/h3-7,12,17H,8,15H2,1-2H3. The lowest BCUT2D eigenvalue weighted by Crippen LogP contribution is -2.30. The van der Waals surface area contributed by atoms with Gasteiger partial charge in [-0.15, -0.1) is 0 Å². The van der Waals surface area contributed by atoms with Crippen LogP contribution in [0.2, 0.25) is 0 Å². The van der Waals surface area contributed by atoms with Gasteiger partial charge in [0.25, 0.3) is 0 Å². The zero-order valence-corrected chi connectivity index (χ0v) is 10.5. The van der Waals surface area contributed by atoms with Crippen LogP contribution in [0.3, 0.4) is 0 Å². The predicted molar refractivity (Wildman–Crippen MR) is 68.1 cm³/mol. The van der Waals surface area contributed by atoms with Crippen molar-refractivity contribution in [3.05, 3.63) is 53.4 Å². The Morgan fingerprint density at radius 2 is 2.28 bits per heavy atom. The van der Waals surface area contributed by atoms with Crippen molar-refractivity contribution < 1.29 is 4.39 Å². The summed E-state index contributed by atoms with van der Waals surface area (Å²) in [7, 11) is 1.92. The van der Waals surface area contributed by atoms with Crippen molar-refractivity contribution in [3.63, 3.8) is 0 Å². The van der Waals surface area contributed by atoms with E-state index in [1.807, 2.05) is 23.9 Å². The molecule has 0 aliphatic carbocycles. The summed E-state index contributed by atoms with van der Waals surface area (Å²) in [6.07, 6.45) is 4.22. The third-order valence-corrected chi connectivity index (χ3v) is 3.11. The van der Waals surface area contributed by atoms with E-state index in [0.717, 1.165) is 11.4 Å². The van der Waals surface area contributed by atoms with E-state index in [1.165, 1.54) is 6.07 Å². The third kappa shape index (κ3) is 2.57. The van der Waals surface area contributed by atoms with E-state index < -0.39 is 0 Å². The molecule has 5 heteroatoms. The molecule has 3 N–H and O–H groups in total. The molecule has 2 aromatic rings. The van der Waals surface area contributed by atoms with Crippen LogP contribution in [0.1, 0.15) is 23.0 Å².